The molecule has 8 rings (SSSR count). The van der Waals surface area contributed by atoms with Gasteiger partial charge in [-0.15, -0.1) is 0 Å². The number of hydrogen-bond acceptors (Lipinski definition) is 8. The van der Waals surface area contributed by atoms with E-state index in [0.717, 1.165) is 0 Å². The van der Waals surface area contributed by atoms with Crippen molar-refractivity contribution < 1.29 is 28.6 Å². The van der Waals surface area contributed by atoms with Crippen molar-refractivity contribution in [3.63, 3.8) is 0 Å². The van der Waals surface area contributed by atoms with Gasteiger partial charge in [0.25, 0.3) is 0 Å². The van der Waals surface area contributed by atoms with Gasteiger partial charge in [-0.1, -0.05) is 48.5 Å². The third-order valence-electron chi connectivity index (χ3n) is 7.72. The van der Waals surface area contributed by atoms with Crippen LogP contribution in [0.4, 0.5) is 0 Å². The Kier molecular flexibility index (Phi) is 4.13. The zero-order chi connectivity index (χ0) is 27.4. The summed E-state index contributed by atoms with van der Waals surface area (Å²) in [5.41, 5.74) is -1.70. The first kappa shape index (κ1) is 22.2. The Morgan fingerprint density at radius 2 is 0.975 bits per heavy atom. The van der Waals surface area contributed by atoms with E-state index in [0.29, 0.717) is 10.8 Å². The number of ketones is 2. The zero-order valence-electron chi connectivity index (χ0n) is 20.3. The van der Waals surface area contributed by atoms with Gasteiger partial charge in [0, 0.05) is 43.6 Å². The summed E-state index contributed by atoms with van der Waals surface area (Å²) in [7, 11) is 0. The number of phenols is 2. The van der Waals surface area contributed by atoms with E-state index in [2.05, 4.69) is 0 Å². The normalized spacial score (nSPS) is 13.0. The van der Waals surface area contributed by atoms with Gasteiger partial charge in [0.05, 0.1) is 21.7 Å². The van der Waals surface area contributed by atoms with Crippen molar-refractivity contribution >= 4 is 65.8 Å². The molecule has 40 heavy (non-hydrogen) atoms. The Hall–Kier alpha value is -5.76. The fourth-order valence-electron chi connectivity index (χ4n) is 5.93. The predicted molar refractivity (Wildman–Crippen MR) is 148 cm³/mol. The Labute approximate surface area is 221 Å². The molecule has 0 atom stereocenters. The molecule has 0 saturated carbocycles. The van der Waals surface area contributed by atoms with Crippen LogP contribution in [0.25, 0.3) is 54.3 Å². The first-order valence-corrected chi connectivity index (χ1v) is 12.3. The van der Waals surface area contributed by atoms with Crippen LogP contribution in [0.15, 0.2) is 91.2 Å². The van der Waals surface area contributed by atoms with Crippen molar-refractivity contribution in [2.45, 2.75) is 0 Å². The summed E-state index contributed by atoms with van der Waals surface area (Å²) >= 11 is 0. The molecule has 1 aliphatic carbocycles. The molecular weight excluding hydrogens is 512 g/mol. The van der Waals surface area contributed by atoms with Crippen LogP contribution in [0.3, 0.4) is 0 Å². The van der Waals surface area contributed by atoms with Crippen molar-refractivity contribution in [3.05, 3.63) is 116 Å². The average molecular weight is 526 g/mol. The molecule has 2 heterocycles. The molecule has 8 heteroatoms. The number of carbonyl (C=O) groups is 2. The van der Waals surface area contributed by atoms with Crippen LogP contribution in [-0.4, -0.2) is 21.8 Å². The van der Waals surface area contributed by atoms with Crippen LogP contribution >= 0.6 is 0 Å². The number of benzene rings is 5. The summed E-state index contributed by atoms with van der Waals surface area (Å²) in [6, 6.07) is 19.0. The minimum atomic E-state index is -0.920. The maximum Gasteiger partial charge on any atom is 0.345 e. The van der Waals surface area contributed by atoms with Gasteiger partial charge in [0.15, 0.2) is 22.7 Å². The molecule has 0 unspecified atom stereocenters. The van der Waals surface area contributed by atoms with Crippen LogP contribution < -0.4 is 11.3 Å². The second-order valence-electron chi connectivity index (χ2n) is 9.71. The molecule has 0 spiro atoms. The minimum absolute atomic E-state index is 0.0648. The van der Waals surface area contributed by atoms with Gasteiger partial charge in [-0.2, -0.15) is 0 Å². The fraction of sp³-hybridized carbons (Fsp3) is 0. The second kappa shape index (κ2) is 7.42. The van der Waals surface area contributed by atoms with E-state index >= 15 is 0 Å². The largest absolute Gasteiger partial charge is 0.507 e. The highest BCUT2D eigenvalue weighted by Gasteiger charge is 2.33. The number of fused-ring (bicyclic) bond motifs is 11. The van der Waals surface area contributed by atoms with Gasteiger partial charge >= 0.3 is 11.3 Å². The van der Waals surface area contributed by atoms with Crippen LogP contribution in [0, 0.1) is 0 Å². The van der Waals surface area contributed by atoms with E-state index < -0.39 is 22.8 Å². The topological polar surface area (TPSA) is 135 Å². The summed E-state index contributed by atoms with van der Waals surface area (Å²) in [5.74, 6) is -1.23. The van der Waals surface area contributed by atoms with E-state index in [1.54, 1.807) is 42.5 Å². The van der Waals surface area contributed by atoms with Crippen LogP contribution in [0.2, 0.25) is 0 Å². The molecule has 7 aromatic rings. The van der Waals surface area contributed by atoms with E-state index in [1.165, 1.54) is 30.3 Å². The maximum atomic E-state index is 13.5. The van der Waals surface area contributed by atoms with E-state index in [9.17, 15) is 29.4 Å². The van der Waals surface area contributed by atoms with Crippen LogP contribution in [-0.2, 0) is 0 Å². The number of hydrogen-bond donors (Lipinski definition) is 2. The van der Waals surface area contributed by atoms with Crippen molar-refractivity contribution in [2.24, 2.45) is 0 Å². The standard InChI is InChI=1S/C32H14O8/c33-25-13-5-1-3-7-15(13)27(35)23-17(25)9-11-19-21-22(31(37)39-29(19)23)20-12-10-18-24(30(20)40-32(21)38)28(36)16-8-4-2-6-14(16)26(18)34/h1-12,33,35H. The first-order valence-electron chi connectivity index (χ1n) is 12.3. The molecule has 1 aliphatic rings. The highest BCUT2D eigenvalue weighted by Crippen LogP contribution is 2.45. The quantitative estimate of drug-likeness (QED) is 0.114. The summed E-state index contributed by atoms with van der Waals surface area (Å²) in [4.78, 5) is 53.7. The first-order chi connectivity index (χ1) is 19.4. The summed E-state index contributed by atoms with van der Waals surface area (Å²) in [6.07, 6.45) is 0. The molecule has 0 saturated heterocycles. The molecule has 0 fully saturated rings. The molecule has 0 radical (unpaired) electrons. The SMILES string of the molecule is O=C1c2ccccc2C(=O)c2c1ccc1c2oc(=O)c2c3ccc4c(O)c5ccccc5c(O)c4c3oc(=O)c12. The molecule has 5 aromatic carbocycles. The summed E-state index contributed by atoms with van der Waals surface area (Å²) < 4.78 is 11.4. The predicted octanol–water partition coefficient (Wildman–Crippen LogP) is 5.55. The summed E-state index contributed by atoms with van der Waals surface area (Å²) in [5, 5.41) is 23.2. The van der Waals surface area contributed by atoms with Crippen molar-refractivity contribution in [1.29, 1.82) is 0 Å². The lowest BCUT2D eigenvalue weighted by atomic mass is 9.83. The van der Waals surface area contributed by atoms with Crippen molar-refractivity contribution in [2.75, 3.05) is 0 Å². The molecule has 0 aliphatic heterocycles. The van der Waals surface area contributed by atoms with Crippen molar-refractivity contribution in [1.82, 2.24) is 0 Å². The van der Waals surface area contributed by atoms with E-state index in [-0.39, 0.29) is 77.2 Å². The average Bonchev–Trinajstić information content (AvgIpc) is 2.97. The van der Waals surface area contributed by atoms with Gasteiger partial charge in [0.1, 0.15) is 11.5 Å². The smallest absolute Gasteiger partial charge is 0.345 e. The van der Waals surface area contributed by atoms with Gasteiger partial charge < -0.3 is 19.0 Å². The van der Waals surface area contributed by atoms with Gasteiger partial charge in [-0.25, -0.2) is 9.59 Å². The molecule has 190 valence electrons. The lowest BCUT2D eigenvalue weighted by molar-refractivity contribution is 0.0979. The van der Waals surface area contributed by atoms with E-state index in [1.807, 2.05) is 0 Å². The molecule has 2 aromatic heterocycles. The third kappa shape index (κ3) is 2.59. The Balaban J connectivity index is 1.54. The Morgan fingerprint density at radius 1 is 0.450 bits per heavy atom. The highest BCUT2D eigenvalue weighted by atomic mass is 16.4. The third-order valence-corrected chi connectivity index (χ3v) is 7.72. The number of phenolic OH excluding ortho intramolecular Hbond substituents is 2. The highest BCUT2D eigenvalue weighted by molar-refractivity contribution is 6.33. The summed E-state index contributed by atoms with van der Waals surface area (Å²) in [6.45, 7) is 0. The zero-order valence-corrected chi connectivity index (χ0v) is 20.3. The lowest BCUT2D eigenvalue weighted by Gasteiger charge is -2.18. The number of aromatic hydroxyl groups is 2. The molecule has 0 amide bonds. The lowest BCUT2D eigenvalue weighted by Crippen LogP contribution is -2.22. The molecule has 0 bridgehead atoms. The van der Waals surface area contributed by atoms with E-state index in [4.69, 9.17) is 8.83 Å². The fourth-order valence-corrected chi connectivity index (χ4v) is 5.93. The molecule has 8 nitrogen and oxygen atoms in total. The van der Waals surface area contributed by atoms with Gasteiger partial charge in [-0.3, -0.25) is 9.59 Å². The maximum absolute atomic E-state index is 13.5. The van der Waals surface area contributed by atoms with Crippen molar-refractivity contribution in [3.8, 4) is 11.5 Å². The molecule has 2 N–H and O–H groups in total. The number of carbonyl (C=O) groups excluding carboxylic acids is 2. The monoisotopic (exact) mass is 526 g/mol. The van der Waals surface area contributed by atoms with Crippen LogP contribution in [0.1, 0.15) is 31.8 Å². The minimum Gasteiger partial charge on any atom is -0.507 e. The molecular formula is C32H14O8. The Bertz CT molecular complexity index is 2480. The Morgan fingerprint density at radius 3 is 1.68 bits per heavy atom. The second-order valence-corrected chi connectivity index (χ2v) is 9.71. The number of rotatable bonds is 0. The van der Waals surface area contributed by atoms with Gasteiger partial charge in [-0.05, 0) is 24.3 Å². The van der Waals surface area contributed by atoms with Crippen LogP contribution in [0.5, 0.6) is 11.5 Å². The van der Waals surface area contributed by atoms with Gasteiger partial charge in [0.2, 0.25) is 0 Å².